The van der Waals surface area contributed by atoms with Crippen molar-refractivity contribution in [1.29, 1.82) is 0 Å². The van der Waals surface area contributed by atoms with E-state index < -0.39 is 5.60 Å². The first-order chi connectivity index (χ1) is 20.3. The summed E-state index contributed by atoms with van der Waals surface area (Å²) in [5.74, 6) is 1.05. The number of anilines is 3. The van der Waals surface area contributed by atoms with E-state index in [0.717, 1.165) is 55.2 Å². The predicted molar refractivity (Wildman–Crippen MR) is 167 cm³/mol. The number of piperidine rings is 1. The van der Waals surface area contributed by atoms with Crippen LogP contribution in [-0.4, -0.2) is 81.7 Å². The van der Waals surface area contributed by atoms with Crippen LogP contribution in [0.15, 0.2) is 66.9 Å². The molecule has 2 aliphatic heterocycles. The van der Waals surface area contributed by atoms with E-state index >= 15 is 0 Å². The van der Waals surface area contributed by atoms with Gasteiger partial charge >= 0.3 is 0 Å². The second-order valence-corrected chi connectivity index (χ2v) is 12.0. The summed E-state index contributed by atoms with van der Waals surface area (Å²) in [6, 6.07) is 19.0. The molecule has 1 unspecified atom stereocenters. The number of rotatable bonds is 8. The number of pyridine rings is 1. The fourth-order valence-corrected chi connectivity index (χ4v) is 6.35. The van der Waals surface area contributed by atoms with E-state index in [1.54, 1.807) is 4.52 Å². The molecule has 10 heteroatoms. The van der Waals surface area contributed by atoms with Crippen LogP contribution in [0.2, 0.25) is 5.02 Å². The Morgan fingerprint density at radius 2 is 1.83 bits per heavy atom. The standard InChI is InChI=1S/C32H38ClN7O2/c1-3-38-18-14-23(22-38)21-37(2)30(41)24-6-12-27(13-7-24)34-31-35-29-28(5-4-17-40(29)36-31)39-19-15-32(42,16-20-39)25-8-10-26(33)11-9-25/h4-13,17,23,42H,3,14-16,18-22H2,1-2H3,(H,34,36). The summed E-state index contributed by atoms with van der Waals surface area (Å²) < 4.78 is 1.77. The molecule has 2 fully saturated rings. The smallest absolute Gasteiger partial charge is 0.253 e. The fourth-order valence-electron chi connectivity index (χ4n) is 6.22. The van der Waals surface area contributed by atoms with Gasteiger partial charge in [0.05, 0.1) is 11.3 Å². The van der Waals surface area contributed by atoms with Gasteiger partial charge in [-0.2, -0.15) is 4.98 Å². The minimum Gasteiger partial charge on any atom is -0.385 e. The SMILES string of the molecule is CCN1CCC(CN(C)C(=O)c2ccc(Nc3nc4c(N5CCC(O)(c6ccc(Cl)cc6)CC5)cccn4n3)cc2)C1. The van der Waals surface area contributed by atoms with Crippen LogP contribution in [0.5, 0.6) is 0 Å². The molecule has 0 bridgehead atoms. The number of carbonyl (C=O) groups is 1. The molecule has 42 heavy (non-hydrogen) atoms. The van der Waals surface area contributed by atoms with Crippen molar-refractivity contribution in [3.8, 4) is 0 Å². The molecule has 4 heterocycles. The summed E-state index contributed by atoms with van der Waals surface area (Å²) in [6.45, 7) is 7.60. The van der Waals surface area contributed by atoms with Crippen molar-refractivity contribution in [2.24, 2.45) is 5.92 Å². The average molecular weight is 588 g/mol. The van der Waals surface area contributed by atoms with Gasteiger partial charge in [-0.05, 0) is 92.4 Å². The molecule has 220 valence electrons. The third-order valence-corrected chi connectivity index (χ3v) is 8.99. The van der Waals surface area contributed by atoms with Gasteiger partial charge in [0.25, 0.3) is 5.91 Å². The van der Waals surface area contributed by atoms with Crippen LogP contribution in [0.1, 0.15) is 42.1 Å². The largest absolute Gasteiger partial charge is 0.385 e. The number of fused-ring (bicyclic) bond motifs is 1. The van der Waals surface area contributed by atoms with Crippen LogP contribution < -0.4 is 10.2 Å². The highest BCUT2D eigenvalue weighted by molar-refractivity contribution is 6.30. The summed E-state index contributed by atoms with van der Waals surface area (Å²) in [5.41, 5.74) is 3.23. The minimum atomic E-state index is -0.873. The van der Waals surface area contributed by atoms with E-state index in [0.29, 0.717) is 48.4 Å². The van der Waals surface area contributed by atoms with Gasteiger partial charge in [0.1, 0.15) is 0 Å². The molecule has 0 aliphatic carbocycles. The van der Waals surface area contributed by atoms with Gasteiger partial charge < -0.3 is 25.1 Å². The first-order valence-electron chi connectivity index (χ1n) is 14.7. The highest BCUT2D eigenvalue weighted by atomic mass is 35.5. The van der Waals surface area contributed by atoms with Crippen molar-refractivity contribution in [3.63, 3.8) is 0 Å². The molecule has 0 spiro atoms. The van der Waals surface area contributed by atoms with E-state index in [2.05, 4.69) is 27.1 Å². The number of nitrogens with zero attached hydrogens (tertiary/aromatic N) is 6. The molecule has 2 aromatic carbocycles. The van der Waals surface area contributed by atoms with Crippen molar-refractivity contribution >= 4 is 40.5 Å². The molecular formula is C32H38ClN7O2. The number of carbonyl (C=O) groups excluding carboxylic acids is 1. The van der Waals surface area contributed by atoms with Gasteiger partial charge in [0, 0.05) is 55.7 Å². The summed E-state index contributed by atoms with van der Waals surface area (Å²) in [4.78, 5) is 24.3. The summed E-state index contributed by atoms with van der Waals surface area (Å²) in [7, 11) is 1.89. The zero-order chi connectivity index (χ0) is 29.3. The van der Waals surface area contributed by atoms with Crippen molar-refractivity contribution < 1.29 is 9.90 Å². The van der Waals surface area contributed by atoms with Crippen molar-refractivity contribution in [3.05, 3.63) is 83.0 Å². The zero-order valence-corrected chi connectivity index (χ0v) is 25.0. The normalized spacial score (nSPS) is 18.9. The lowest BCUT2D eigenvalue weighted by molar-refractivity contribution is 0.0118. The monoisotopic (exact) mass is 587 g/mol. The molecule has 2 N–H and O–H groups in total. The Hall–Kier alpha value is -3.66. The summed E-state index contributed by atoms with van der Waals surface area (Å²) in [6.07, 6.45) is 4.23. The minimum absolute atomic E-state index is 0.0384. The number of aromatic nitrogens is 3. The van der Waals surface area contributed by atoms with E-state index in [4.69, 9.17) is 16.6 Å². The number of likely N-dealkylation sites (tertiary alicyclic amines) is 1. The Balaban J connectivity index is 1.10. The van der Waals surface area contributed by atoms with E-state index in [1.165, 1.54) is 0 Å². The third-order valence-electron chi connectivity index (χ3n) is 8.74. The van der Waals surface area contributed by atoms with Crippen LogP contribution in [0, 0.1) is 5.92 Å². The molecular weight excluding hydrogens is 550 g/mol. The molecule has 4 aromatic rings. The topological polar surface area (TPSA) is 89.2 Å². The quantitative estimate of drug-likeness (QED) is 0.299. The Labute approximate surface area is 251 Å². The Morgan fingerprint density at radius 3 is 2.52 bits per heavy atom. The number of aliphatic hydroxyl groups is 1. The van der Waals surface area contributed by atoms with Crippen LogP contribution >= 0.6 is 11.6 Å². The lowest BCUT2D eigenvalue weighted by Gasteiger charge is -2.39. The number of hydrogen-bond acceptors (Lipinski definition) is 7. The second kappa shape index (κ2) is 11.9. The van der Waals surface area contributed by atoms with Crippen molar-refractivity contribution in [2.75, 3.05) is 56.5 Å². The molecule has 0 radical (unpaired) electrons. The Kier molecular flexibility index (Phi) is 8.07. The zero-order valence-electron chi connectivity index (χ0n) is 24.2. The number of nitrogens with one attached hydrogen (secondary N) is 1. The number of benzene rings is 2. The number of halogens is 1. The molecule has 1 amide bonds. The lowest BCUT2D eigenvalue weighted by Crippen LogP contribution is -2.42. The molecule has 9 nitrogen and oxygen atoms in total. The summed E-state index contributed by atoms with van der Waals surface area (Å²) in [5, 5.41) is 19.9. The van der Waals surface area contributed by atoms with Gasteiger partial charge in [-0.25, -0.2) is 4.52 Å². The fraction of sp³-hybridized carbons (Fsp3) is 0.406. The maximum absolute atomic E-state index is 13.0. The van der Waals surface area contributed by atoms with Gasteiger partial charge in [0.15, 0.2) is 5.65 Å². The van der Waals surface area contributed by atoms with Crippen LogP contribution in [0.3, 0.4) is 0 Å². The second-order valence-electron chi connectivity index (χ2n) is 11.6. The highest BCUT2D eigenvalue weighted by Crippen LogP contribution is 2.36. The molecule has 0 saturated carbocycles. The third kappa shape index (κ3) is 5.95. The molecule has 1 atom stereocenters. The van der Waals surface area contributed by atoms with E-state index in [1.807, 2.05) is 78.8 Å². The van der Waals surface area contributed by atoms with Crippen LogP contribution in [0.4, 0.5) is 17.3 Å². The van der Waals surface area contributed by atoms with Crippen molar-refractivity contribution in [2.45, 2.75) is 31.8 Å². The highest BCUT2D eigenvalue weighted by Gasteiger charge is 2.34. The molecule has 2 saturated heterocycles. The van der Waals surface area contributed by atoms with Gasteiger partial charge in [-0.1, -0.05) is 30.7 Å². The maximum atomic E-state index is 13.0. The van der Waals surface area contributed by atoms with E-state index in [-0.39, 0.29) is 5.91 Å². The Bertz CT molecular complexity index is 1530. The van der Waals surface area contributed by atoms with Gasteiger partial charge in [-0.3, -0.25) is 4.79 Å². The van der Waals surface area contributed by atoms with Crippen LogP contribution in [-0.2, 0) is 5.60 Å². The van der Waals surface area contributed by atoms with Crippen LogP contribution in [0.25, 0.3) is 5.65 Å². The molecule has 6 rings (SSSR count). The molecule has 2 aromatic heterocycles. The first kappa shape index (κ1) is 28.5. The first-order valence-corrected chi connectivity index (χ1v) is 15.1. The lowest BCUT2D eigenvalue weighted by atomic mass is 9.84. The maximum Gasteiger partial charge on any atom is 0.253 e. The predicted octanol–water partition coefficient (Wildman–Crippen LogP) is 5.03. The molecule has 2 aliphatic rings. The van der Waals surface area contributed by atoms with Gasteiger partial charge in [-0.15, -0.1) is 5.10 Å². The van der Waals surface area contributed by atoms with E-state index in [9.17, 15) is 9.90 Å². The summed E-state index contributed by atoms with van der Waals surface area (Å²) >= 11 is 6.05. The number of amides is 1. The van der Waals surface area contributed by atoms with Gasteiger partial charge in [0.2, 0.25) is 5.95 Å². The Morgan fingerprint density at radius 1 is 1.10 bits per heavy atom. The number of hydrogen-bond donors (Lipinski definition) is 2. The van der Waals surface area contributed by atoms with Crippen molar-refractivity contribution in [1.82, 2.24) is 24.4 Å². The average Bonchev–Trinajstić information content (AvgIpc) is 3.64.